The maximum Gasteiger partial charge on any atom is 0.202 e. The smallest absolute Gasteiger partial charge is 0.202 e. The molecule has 1 aliphatic carbocycles. The number of aliphatic hydroxyl groups is 1. The van der Waals surface area contributed by atoms with E-state index in [9.17, 15) is 35.4 Å². The molecule has 0 spiro atoms. The van der Waals surface area contributed by atoms with Crippen molar-refractivity contribution < 1.29 is 35.4 Å². The van der Waals surface area contributed by atoms with Crippen molar-refractivity contribution in [3.8, 4) is 28.7 Å². The Labute approximate surface area is 160 Å². The SMILES string of the molecule is C=c1c(C)c(O)c(=C2C(=O)C(c3c(O)c(C)c(O)c(C)c3O)=C2O)c(O)c1C. The molecule has 0 saturated carbocycles. The van der Waals surface area contributed by atoms with Gasteiger partial charge >= 0.3 is 0 Å². The molecule has 3 rings (SSSR count). The molecule has 0 heterocycles. The van der Waals surface area contributed by atoms with Crippen molar-refractivity contribution in [1.29, 1.82) is 0 Å². The van der Waals surface area contributed by atoms with Gasteiger partial charge in [-0.3, -0.25) is 4.79 Å². The lowest BCUT2D eigenvalue weighted by Crippen LogP contribution is -2.29. The van der Waals surface area contributed by atoms with E-state index >= 15 is 0 Å². The van der Waals surface area contributed by atoms with E-state index in [1.165, 1.54) is 13.8 Å². The highest BCUT2D eigenvalue weighted by Crippen LogP contribution is 2.49. The molecule has 2 aromatic rings. The summed E-state index contributed by atoms with van der Waals surface area (Å²) < 4.78 is 0. The van der Waals surface area contributed by atoms with Crippen LogP contribution in [0.1, 0.15) is 27.8 Å². The number of ketones is 1. The van der Waals surface area contributed by atoms with Crippen LogP contribution in [0, 0.1) is 27.7 Å². The molecule has 146 valence electrons. The van der Waals surface area contributed by atoms with Gasteiger partial charge in [0.15, 0.2) is 0 Å². The Bertz CT molecular complexity index is 1170. The van der Waals surface area contributed by atoms with Gasteiger partial charge in [-0.15, -0.1) is 0 Å². The summed E-state index contributed by atoms with van der Waals surface area (Å²) in [5.41, 5.74) is -0.276. The van der Waals surface area contributed by atoms with Crippen molar-refractivity contribution in [2.45, 2.75) is 27.7 Å². The maximum atomic E-state index is 12.8. The summed E-state index contributed by atoms with van der Waals surface area (Å²) in [7, 11) is 0. The highest BCUT2D eigenvalue weighted by atomic mass is 16.3. The minimum absolute atomic E-state index is 0.0330. The normalized spacial score (nSPS) is 13.9. The zero-order chi connectivity index (χ0) is 21.2. The fourth-order valence-electron chi connectivity index (χ4n) is 3.39. The number of hydrogen-bond acceptors (Lipinski definition) is 7. The number of carbonyl (C=O) groups is 1. The van der Waals surface area contributed by atoms with Gasteiger partial charge in [0.2, 0.25) is 5.78 Å². The molecule has 28 heavy (non-hydrogen) atoms. The minimum atomic E-state index is -0.784. The average molecular weight is 384 g/mol. The summed E-state index contributed by atoms with van der Waals surface area (Å²) in [5, 5.41) is 62.1. The van der Waals surface area contributed by atoms with E-state index < -0.39 is 34.5 Å². The number of allylic oxidation sites excluding steroid dienone is 2. The molecule has 7 heteroatoms. The molecule has 0 amide bonds. The number of hydrogen-bond donors (Lipinski definition) is 6. The van der Waals surface area contributed by atoms with Gasteiger partial charge in [0.05, 0.1) is 21.9 Å². The predicted molar refractivity (Wildman–Crippen MR) is 103 cm³/mol. The van der Waals surface area contributed by atoms with Gasteiger partial charge in [-0.05, 0) is 44.0 Å². The van der Waals surface area contributed by atoms with Gasteiger partial charge in [0.1, 0.15) is 34.5 Å². The van der Waals surface area contributed by atoms with Crippen LogP contribution in [-0.4, -0.2) is 36.4 Å². The molecule has 0 aromatic heterocycles. The first kappa shape index (κ1) is 19.2. The lowest BCUT2D eigenvalue weighted by molar-refractivity contribution is -0.110. The van der Waals surface area contributed by atoms with Gasteiger partial charge in [-0.2, -0.15) is 0 Å². The summed E-state index contributed by atoms with van der Waals surface area (Å²) >= 11 is 0. The molecule has 0 atom stereocenters. The summed E-state index contributed by atoms with van der Waals surface area (Å²) in [6.45, 7) is 9.66. The van der Waals surface area contributed by atoms with Crippen LogP contribution >= 0.6 is 0 Å². The molecular formula is C21H20O7. The Balaban J connectivity index is 2.45. The number of phenolic OH excluding ortho intramolecular Hbond substituents is 5. The Kier molecular flexibility index (Phi) is 4.07. The van der Waals surface area contributed by atoms with Gasteiger partial charge in [-0.25, -0.2) is 0 Å². The highest BCUT2D eigenvalue weighted by Gasteiger charge is 2.40. The number of carbonyl (C=O) groups excluding carboxylic acids is 1. The van der Waals surface area contributed by atoms with Gasteiger partial charge < -0.3 is 30.6 Å². The van der Waals surface area contributed by atoms with E-state index in [1.54, 1.807) is 13.8 Å². The molecular weight excluding hydrogens is 364 g/mol. The molecule has 0 radical (unpaired) electrons. The number of benzene rings is 2. The summed E-state index contributed by atoms with van der Waals surface area (Å²) in [6.07, 6.45) is 0. The standard InChI is InChI=1S/C21H20O7/c1-6-7(2)16(23)11(17(24)8(6)3)13-20(27)14(21(13)28)12-18(25)9(4)15(22)10(5)19(12)26/h22-27H,1H2,2-5H3. The average Bonchev–Trinajstić information content (AvgIpc) is 2.68. The van der Waals surface area contributed by atoms with Crippen LogP contribution in [0.25, 0.3) is 17.7 Å². The number of aliphatic hydroxyl groups excluding tert-OH is 1. The van der Waals surface area contributed by atoms with Crippen LogP contribution in [0.2, 0.25) is 0 Å². The number of Topliss-reactive ketones (excluding diaryl/α,β-unsaturated/α-hetero) is 1. The first-order valence-electron chi connectivity index (χ1n) is 8.40. The Morgan fingerprint density at radius 2 is 1.04 bits per heavy atom. The Morgan fingerprint density at radius 3 is 1.43 bits per heavy atom. The van der Waals surface area contributed by atoms with Crippen LogP contribution in [0.3, 0.4) is 0 Å². The minimum Gasteiger partial charge on any atom is -0.507 e. The van der Waals surface area contributed by atoms with E-state index in [1.807, 2.05) is 0 Å². The summed E-state index contributed by atoms with van der Waals surface area (Å²) in [6, 6.07) is 0. The third kappa shape index (κ3) is 2.19. The van der Waals surface area contributed by atoms with Crippen molar-refractivity contribution in [2.24, 2.45) is 0 Å². The molecule has 0 fully saturated rings. The molecule has 7 nitrogen and oxygen atoms in total. The molecule has 0 unspecified atom stereocenters. The zero-order valence-electron chi connectivity index (χ0n) is 15.8. The fraction of sp³-hybridized carbons (Fsp3) is 0.190. The second-order valence-electron chi connectivity index (χ2n) is 6.90. The van der Waals surface area contributed by atoms with Crippen LogP contribution in [0.5, 0.6) is 28.7 Å². The van der Waals surface area contributed by atoms with E-state index in [0.29, 0.717) is 16.3 Å². The third-order valence-corrected chi connectivity index (χ3v) is 5.41. The third-order valence-electron chi connectivity index (χ3n) is 5.41. The first-order valence-corrected chi connectivity index (χ1v) is 8.40. The van der Waals surface area contributed by atoms with Crippen LogP contribution in [-0.2, 0) is 4.79 Å². The van der Waals surface area contributed by atoms with Crippen LogP contribution in [0.15, 0.2) is 5.76 Å². The van der Waals surface area contributed by atoms with Gasteiger partial charge in [0.25, 0.3) is 0 Å². The quantitative estimate of drug-likeness (QED) is 0.439. The predicted octanol–water partition coefficient (Wildman–Crippen LogP) is 1.56. The highest BCUT2D eigenvalue weighted by molar-refractivity contribution is 6.52. The molecule has 0 aliphatic heterocycles. The maximum absolute atomic E-state index is 12.8. The van der Waals surface area contributed by atoms with Crippen molar-refractivity contribution in [2.75, 3.05) is 0 Å². The molecule has 1 aliphatic rings. The molecule has 0 bridgehead atoms. The van der Waals surface area contributed by atoms with E-state index in [0.717, 1.165) is 0 Å². The van der Waals surface area contributed by atoms with Crippen molar-refractivity contribution >= 4 is 23.5 Å². The monoisotopic (exact) mass is 384 g/mol. The van der Waals surface area contributed by atoms with Crippen LogP contribution in [0.4, 0.5) is 0 Å². The van der Waals surface area contributed by atoms with Crippen LogP contribution < -0.4 is 10.4 Å². The molecule has 2 aromatic carbocycles. The fourth-order valence-corrected chi connectivity index (χ4v) is 3.39. The number of phenols is 5. The van der Waals surface area contributed by atoms with Gasteiger partial charge in [-0.1, -0.05) is 6.58 Å². The first-order chi connectivity index (χ1) is 12.9. The van der Waals surface area contributed by atoms with E-state index in [2.05, 4.69) is 6.58 Å². The lowest BCUT2D eigenvalue weighted by Gasteiger charge is -2.25. The Hall–Kier alpha value is -3.61. The topological polar surface area (TPSA) is 138 Å². The van der Waals surface area contributed by atoms with Crippen molar-refractivity contribution in [3.63, 3.8) is 0 Å². The zero-order valence-corrected chi connectivity index (χ0v) is 15.8. The summed E-state index contributed by atoms with van der Waals surface area (Å²) in [4.78, 5) is 12.8. The van der Waals surface area contributed by atoms with E-state index in [-0.39, 0.29) is 38.8 Å². The second kappa shape index (κ2) is 5.95. The van der Waals surface area contributed by atoms with Crippen molar-refractivity contribution in [3.05, 3.63) is 44.0 Å². The number of aromatic hydroxyl groups is 5. The largest absolute Gasteiger partial charge is 0.507 e. The molecule has 0 saturated heterocycles. The van der Waals surface area contributed by atoms with Gasteiger partial charge in [0, 0.05) is 11.1 Å². The lowest BCUT2D eigenvalue weighted by atomic mass is 9.79. The number of rotatable bonds is 1. The van der Waals surface area contributed by atoms with Crippen molar-refractivity contribution in [1.82, 2.24) is 0 Å². The van der Waals surface area contributed by atoms with E-state index in [4.69, 9.17) is 0 Å². The summed E-state index contributed by atoms with van der Waals surface area (Å²) in [5.74, 6) is -3.61. The molecule has 6 N–H and O–H groups in total. The Morgan fingerprint density at radius 1 is 0.607 bits per heavy atom. The second-order valence-corrected chi connectivity index (χ2v) is 6.90.